The van der Waals surface area contributed by atoms with Crippen molar-refractivity contribution in [3.8, 4) is 0 Å². The lowest BCUT2D eigenvalue weighted by atomic mass is 10.3. The van der Waals surface area contributed by atoms with Crippen LogP contribution < -0.4 is 21.2 Å². The van der Waals surface area contributed by atoms with Gasteiger partial charge in [0.1, 0.15) is 5.78 Å². The van der Waals surface area contributed by atoms with Gasteiger partial charge < -0.3 is 0 Å². The van der Waals surface area contributed by atoms with Gasteiger partial charge in [-0.25, -0.2) is 0 Å². The van der Waals surface area contributed by atoms with Gasteiger partial charge in [-0.15, -0.1) is 0 Å². The Morgan fingerprint density at radius 3 is 1.06 bits per heavy atom. The normalized spacial score (nSPS) is 13.2. The third-order valence-corrected chi connectivity index (χ3v) is 11.8. The molecular formula is C31H33NOP2. The first-order chi connectivity index (χ1) is 17.1. The summed E-state index contributed by atoms with van der Waals surface area (Å²) in [5.41, 5.74) is 0. The van der Waals surface area contributed by atoms with Crippen LogP contribution in [-0.4, -0.2) is 28.8 Å². The van der Waals surface area contributed by atoms with Crippen molar-refractivity contribution < 1.29 is 4.79 Å². The Hall–Kier alpha value is -2.63. The Morgan fingerprint density at radius 1 is 0.571 bits per heavy atom. The first-order valence-electron chi connectivity index (χ1n) is 12.1. The summed E-state index contributed by atoms with van der Waals surface area (Å²) in [7, 11) is -1.39. The molecule has 0 heterocycles. The molecule has 0 saturated heterocycles. The van der Waals surface area contributed by atoms with Crippen molar-refractivity contribution in [2.24, 2.45) is 0 Å². The fraction of sp³-hybridized carbons (Fsp3) is 0.194. The lowest BCUT2D eigenvalue weighted by molar-refractivity contribution is -0.118. The van der Waals surface area contributed by atoms with Crippen molar-refractivity contribution in [1.82, 2.24) is 4.90 Å². The number of carbonyl (C=O) groups is 1. The molecule has 0 bridgehead atoms. The fourth-order valence-corrected chi connectivity index (χ4v) is 10.2. The number of hydrogen-bond acceptors (Lipinski definition) is 2. The minimum Gasteiger partial charge on any atom is -0.299 e. The van der Waals surface area contributed by atoms with Crippen LogP contribution in [0.3, 0.4) is 0 Å². The van der Waals surface area contributed by atoms with E-state index in [1.165, 1.54) is 21.2 Å². The molecule has 0 fully saturated rings. The fourth-order valence-electron chi connectivity index (χ4n) is 4.65. The van der Waals surface area contributed by atoms with Gasteiger partial charge in [0, 0.05) is 11.6 Å². The van der Waals surface area contributed by atoms with E-state index < -0.39 is 15.8 Å². The van der Waals surface area contributed by atoms with Crippen LogP contribution in [0.15, 0.2) is 121 Å². The number of Topliss-reactive ketones (excluding diaryl/α,β-unsaturated/α-hetero) is 1. The van der Waals surface area contributed by atoms with Crippen LogP contribution in [0.25, 0.3) is 0 Å². The molecule has 0 N–H and O–H groups in total. The van der Waals surface area contributed by atoms with E-state index in [1.807, 2.05) is 0 Å². The highest BCUT2D eigenvalue weighted by molar-refractivity contribution is 7.74. The second-order valence-electron chi connectivity index (χ2n) is 8.72. The largest absolute Gasteiger partial charge is 0.299 e. The SMILES string of the molecule is CC(=O)CN(C(C)P(c1ccccc1)c1ccccc1)C(C)P(c1ccccc1)c1ccccc1. The van der Waals surface area contributed by atoms with Crippen LogP contribution in [0.5, 0.6) is 0 Å². The topological polar surface area (TPSA) is 20.3 Å². The zero-order chi connectivity index (χ0) is 24.6. The molecule has 2 atom stereocenters. The molecule has 4 heteroatoms. The summed E-state index contributed by atoms with van der Waals surface area (Å²) in [6.45, 7) is 6.79. The first-order valence-corrected chi connectivity index (χ1v) is 14.9. The van der Waals surface area contributed by atoms with E-state index in [2.05, 4.69) is 140 Å². The molecule has 0 saturated carbocycles. The Morgan fingerprint density at radius 2 is 0.829 bits per heavy atom. The molecule has 0 spiro atoms. The zero-order valence-electron chi connectivity index (χ0n) is 20.7. The monoisotopic (exact) mass is 497 g/mol. The number of ketones is 1. The highest BCUT2D eigenvalue weighted by Crippen LogP contribution is 2.47. The highest BCUT2D eigenvalue weighted by atomic mass is 31.1. The van der Waals surface area contributed by atoms with Gasteiger partial charge in [0.05, 0.1) is 6.54 Å². The third kappa shape index (κ3) is 6.33. The summed E-state index contributed by atoms with van der Waals surface area (Å²) in [4.78, 5) is 15.1. The zero-order valence-corrected chi connectivity index (χ0v) is 22.4. The predicted octanol–water partition coefficient (Wildman–Crippen LogP) is 5.84. The maximum Gasteiger partial charge on any atom is 0.143 e. The van der Waals surface area contributed by atoms with Crippen LogP contribution in [0.1, 0.15) is 20.8 Å². The minimum atomic E-state index is -0.693. The molecule has 0 aromatic heterocycles. The van der Waals surface area contributed by atoms with Gasteiger partial charge in [0.15, 0.2) is 0 Å². The number of hydrogen-bond donors (Lipinski definition) is 0. The highest BCUT2D eigenvalue weighted by Gasteiger charge is 2.34. The molecule has 35 heavy (non-hydrogen) atoms. The number of carbonyl (C=O) groups excluding carboxylic acids is 1. The Labute approximate surface area is 212 Å². The Balaban J connectivity index is 1.79. The molecule has 2 nitrogen and oxygen atoms in total. The molecule has 178 valence electrons. The number of benzene rings is 4. The molecule has 0 radical (unpaired) electrons. The number of nitrogens with zero attached hydrogens (tertiary/aromatic N) is 1. The molecule has 0 aliphatic rings. The van der Waals surface area contributed by atoms with E-state index in [1.54, 1.807) is 6.92 Å². The van der Waals surface area contributed by atoms with Gasteiger partial charge >= 0.3 is 0 Å². The van der Waals surface area contributed by atoms with E-state index in [4.69, 9.17) is 0 Å². The smallest absolute Gasteiger partial charge is 0.143 e. The van der Waals surface area contributed by atoms with Crippen LogP contribution in [0, 0.1) is 0 Å². The molecule has 0 amide bonds. The van der Waals surface area contributed by atoms with E-state index in [0.29, 0.717) is 6.54 Å². The summed E-state index contributed by atoms with van der Waals surface area (Å²) < 4.78 is 0. The van der Waals surface area contributed by atoms with Gasteiger partial charge in [-0.1, -0.05) is 121 Å². The second-order valence-corrected chi connectivity index (χ2v) is 13.8. The molecule has 4 aromatic carbocycles. The molecule has 4 aromatic rings. The van der Waals surface area contributed by atoms with Crippen molar-refractivity contribution in [3.05, 3.63) is 121 Å². The average molecular weight is 498 g/mol. The number of rotatable bonds is 10. The van der Waals surface area contributed by atoms with Gasteiger partial charge in [-0.05, 0) is 57.8 Å². The second kappa shape index (κ2) is 12.4. The van der Waals surface area contributed by atoms with Crippen molar-refractivity contribution in [1.29, 1.82) is 0 Å². The summed E-state index contributed by atoms with van der Waals surface area (Å²) >= 11 is 0. The standard InChI is InChI=1S/C31H33NOP2/c1-25(33)24-32(26(2)34(28-16-8-4-9-17-28)29-18-10-5-11-19-29)27(3)35(30-20-12-6-13-21-30)31-22-14-7-15-23-31/h4-23,26-27H,24H2,1-3H3. The Kier molecular flexibility index (Phi) is 9.00. The van der Waals surface area contributed by atoms with E-state index >= 15 is 0 Å². The molecule has 0 aliphatic heterocycles. The van der Waals surface area contributed by atoms with Crippen molar-refractivity contribution in [3.63, 3.8) is 0 Å². The first kappa shape index (κ1) is 25.5. The minimum absolute atomic E-state index is 0.186. The molecule has 0 aliphatic carbocycles. The average Bonchev–Trinajstić information content (AvgIpc) is 2.90. The van der Waals surface area contributed by atoms with Gasteiger partial charge in [-0.2, -0.15) is 0 Å². The van der Waals surface area contributed by atoms with Gasteiger partial charge in [-0.3, -0.25) is 9.69 Å². The van der Waals surface area contributed by atoms with Crippen LogP contribution in [0.2, 0.25) is 0 Å². The molecule has 4 rings (SSSR count). The molecule has 2 unspecified atom stereocenters. The van der Waals surface area contributed by atoms with Crippen LogP contribution >= 0.6 is 15.8 Å². The lowest BCUT2D eigenvalue weighted by Gasteiger charge is -2.42. The summed E-state index contributed by atoms with van der Waals surface area (Å²) in [6, 6.07) is 43.2. The van der Waals surface area contributed by atoms with Crippen molar-refractivity contribution in [2.75, 3.05) is 6.54 Å². The quantitative estimate of drug-likeness (QED) is 0.257. The third-order valence-electron chi connectivity index (χ3n) is 6.25. The summed E-state index contributed by atoms with van der Waals surface area (Å²) in [6.07, 6.45) is 0. The van der Waals surface area contributed by atoms with E-state index in [0.717, 1.165) is 0 Å². The van der Waals surface area contributed by atoms with Crippen molar-refractivity contribution >= 4 is 42.8 Å². The molecular weight excluding hydrogens is 464 g/mol. The van der Waals surface area contributed by atoms with E-state index in [9.17, 15) is 4.79 Å². The maximum absolute atomic E-state index is 12.6. The Bertz CT molecular complexity index is 1020. The van der Waals surface area contributed by atoms with Gasteiger partial charge in [0.2, 0.25) is 0 Å². The summed E-state index contributed by atoms with van der Waals surface area (Å²) in [5, 5.41) is 5.35. The lowest BCUT2D eigenvalue weighted by Crippen LogP contribution is -2.45. The maximum atomic E-state index is 12.6. The summed E-state index contributed by atoms with van der Waals surface area (Å²) in [5.74, 6) is 0.577. The van der Waals surface area contributed by atoms with Crippen molar-refractivity contribution in [2.45, 2.75) is 32.3 Å². The van der Waals surface area contributed by atoms with E-state index in [-0.39, 0.29) is 17.3 Å². The predicted molar refractivity (Wildman–Crippen MR) is 154 cm³/mol. The van der Waals surface area contributed by atoms with Crippen LogP contribution in [0.4, 0.5) is 0 Å². The van der Waals surface area contributed by atoms with Gasteiger partial charge in [0.25, 0.3) is 0 Å². The van der Waals surface area contributed by atoms with Crippen LogP contribution in [-0.2, 0) is 4.79 Å².